The first-order chi connectivity index (χ1) is 9.45. The van der Waals surface area contributed by atoms with Crippen molar-refractivity contribution in [3.8, 4) is 0 Å². The molecule has 0 aliphatic carbocycles. The zero-order chi connectivity index (χ0) is 14.8. The monoisotopic (exact) mass is 296 g/mol. The van der Waals surface area contributed by atoms with E-state index < -0.39 is 10.0 Å². The maximum Gasteiger partial charge on any atom is 0.244 e. The molecule has 0 aliphatic rings. The van der Waals surface area contributed by atoms with Gasteiger partial charge in [0.05, 0.1) is 6.61 Å². The minimum Gasteiger partial charge on any atom is -0.465 e. The Kier molecular flexibility index (Phi) is 4.22. The molecule has 0 saturated heterocycles. The number of hydrogen-bond acceptors (Lipinski definition) is 5. The molecule has 0 unspecified atom stereocenters. The highest BCUT2D eigenvalue weighted by Gasteiger charge is 2.26. The molecule has 0 atom stereocenters. The van der Waals surface area contributed by atoms with E-state index in [-0.39, 0.29) is 23.8 Å². The lowest BCUT2D eigenvalue weighted by Crippen LogP contribution is -2.24. The molecule has 0 radical (unpaired) electrons. The van der Waals surface area contributed by atoms with Gasteiger partial charge in [0.15, 0.2) is 0 Å². The molecule has 2 aromatic heterocycles. The number of hydrogen-bond donors (Lipinski definition) is 2. The van der Waals surface area contributed by atoms with Crippen LogP contribution in [0.5, 0.6) is 0 Å². The fourth-order valence-corrected chi connectivity index (χ4v) is 3.45. The van der Waals surface area contributed by atoms with Crippen molar-refractivity contribution in [2.75, 3.05) is 0 Å². The molecule has 2 heterocycles. The van der Waals surface area contributed by atoms with Gasteiger partial charge in [0.1, 0.15) is 16.4 Å². The van der Waals surface area contributed by atoms with E-state index >= 15 is 0 Å². The van der Waals surface area contributed by atoms with Gasteiger partial charge in [0.2, 0.25) is 10.0 Å². The van der Waals surface area contributed by atoms with Crippen molar-refractivity contribution in [1.29, 1.82) is 0 Å². The number of furan rings is 1. The number of aliphatic hydroxyl groups is 1. The number of sulfonamides is 1. The summed E-state index contributed by atoms with van der Waals surface area (Å²) in [4.78, 5) is 3.89. The van der Waals surface area contributed by atoms with Crippen molar-refractivity contribution < 1.29 is 17.9 Å². The van der Waals surface area contributed by atoms with Crippen LogP contribution in [0.1, 0.15) is 22.6 Å². The first-order valence-corrected chi connectivity index (χ1v) is 7.52. The third-order valence-electron chi connectivity index (χ3n) is 2.97. The van der Waals surface area contributed by atoms with Gasteiger partial charge in [-0.15, -0.1) is 0 Å². The van der Waals surface area contributed by atoms with Crippen LogP contribution in [0.25, 0.3) is 0 Å². The molecule has 20 heavy (non-hydrogen) atoms. The standard InChI is InChI=1S/C13H16N2O4S/c1-9-12(8-16)13(10(2)19-9)20(17,18)15-7-11-3-5-14-6-4-11/h3-6,15-16H,7-8H2,1-2H3. The van der Waals surface area contributed by atoms with Crippen LogP contribution >= 0.6 is 0 Å². The SMILES string of the molecule is Cc1oc(C)c(S(=O)(=O)NCc2ccncc2)c1CO. The maximum absolute atomic E-state index is 12.3. The molecule has 2 N–H and O–H groups in total. The highest BCUT2D eigenvalue weighted by Crippen LogP contribution is 2.26. The summed E-state index contributed by atoms with van der Waals surface area (Å²) in [6.45, 7) is 2.96. The molecule has 0 aliphatic heterocycles. The lowest BCUT2D eigenvalue weighted by atomic mass is 10.2. The van der Waals surface area contributed by atoms with Crippen LogP contribution in [-0.2, 0) is 23.2 Å². The van der Waals surface area contributed by atoms with Crippen molar-refractivity contribution in [1.82, 2.24) is 9.71 Å². The average molecular weight is 296 g/mol. The number of aliphatic hydroxyl groups excluding tert-OH is 1. The van der Waals surface area contributed by atoms with Gasteiger partial charge in [-0.05, 0) is 31.5 Å². The molecule has 2 aromatic rings. The van der Waals surface area contributed by atoms with Gasteiger partial charge in [0, 0.05) is 24.5 Å². The largest absolute Gasteiger partial charge is 0.465 e. The second-order valence-corrected chi connectivity index (χ2v) is 6.06. The molecule has 0 spiro atoms. The summed E-state index contributed by atoms with van der Waals surface area (Å²) in [7, 11) is -3.74. The number of pyridine rings is 1. The lowest BCUT2D eigenvalue weighted by molar-refractivity contribution is 0.276. The van der Waals surface area contributed by atoms with Crippen molar-refractivity contribution in [2.45, 2.75) is 31.9 Å². The summed E-state index contributed by atoms with van der Waals surface area (Å²) < 4.78 is 32.4. The third kappa shape index (κ3) is 2.90. The van der Waals surface area contributed by atoms with Crippen LogP contribution in [0.2, 0.25) is 0 Å². The molecule has 0 saturated carbocycles. The minimum absolute atomic E-state index is 0.0200. The Bertz CT molecular complexity index is 693. The zero-order valence-electron chi connectivity index (χ0n) is 11.3. The average Bonchev–Trinajstić information content (AvgIpc) is 2.72. The van der Waals surface area contributed by atoms with Crippen molar-refractivity contribution in [2.24, 2.45) is 0 Å². The van der Waals surface area contributed by atoms with Crippen LogP contribution in [0, 0.1) is 13.8 Å². The molecule has 0 fully saturated rings. The highest BCUT2D eigenvalue weighted by molar-refractivity contribution is 7.89. The van der Waals surface area contributed by atoms with Crippen molar-refractivity contribution in [3.05, 3.63) is 47.2 Å². The molecule has 7 heteroatoms. The highest BCUT2D eigenvalue weighted by atomic mass is 32.2. The lowest BCUT2D eigenvalue weighted by Gasteiger charge is -2.07. The number of aryl methyl sites for hydroxylation is 2. The van der Waals surface area contributed by atoms with Crippen molar-refractivity contribution in [3.63, 3.8) is 0 Å². The third-order valence-corrected chi connectivity index (χ3v) is 4.56. The van der Waals surface area contributed by atoms with Gasteiger partial charge < -0.3 is 9.52 Å². The maximum atomic E-state index is 12.3. The summed E-state index contributed by atoms with van der Waals surface area (Å²) in [5.74, 6) is 0.683. The Balaban J connectivity index is 2.27. The normalized spacial score (nSPS) is 11.8. The van der Waals surface area contributed by atoms with Gasteiger partial charge in [-0.3, -0.25) is 4.98 Å². The Morgan fingerprint density at radius 3 is 2.50 bits per heavy atom. The van der Waals surface area contributed by atoms with Crippen LogP contribution < -0.4 is 4.72 Å². The number of nitrogens with one attached hydrogen (secondary N) is 1. The van der Waals surface area contributed by atoms with E-state index in [1.807, 2.05) is 0 Å². The quantitative estimate of drug-likeness (QED) is 0.866. The minimum atomic E-state index is -3.74. The fraction of sp³-hybridized carbons (Fsp3) is 0.308. The van der Waals surface area contributed by atoms with Crippen molar-refractivity contribution >= 4 is 10.0 Å². The Morgan fingerprint density at radius 1 is 1.25 bits per heavy atom. The summed E-state index contributed by atoms with van der Waals surface area (Å²) in [5, 5.41) is 9.30. The van der Waals surface area contributed by atoms with Crippen LogP contribution in [0.4, 0.5) is 0 Å². The summed E-state index contributed by atoms with van der Waals surface area (Å²) in [5.41, 5.74) is 1.09. The van der Waals surface area contributed by atoms with E-state index in [0.717, 1.165) is 5.56 Å². The van der Waals surface area contributed by atoms with Gasteiger partial charge in [-0.2, -0.15) is 0 Å². The smallest absolute Gasteiger partial charge is 0.244 e. The number of aromatic nitrogens is 1. The van der Waals surface area contributed by atoms with E-state index in [1.54, 1.807) is 38.4 Å². The van der Waals surface area contributed by atoms with Gasteiger partial charge in [0.25, 0.3) is 0 Å². The summed E-state index contributed by atoms with van der Waals surface area (Å²) in [6.07, 6.45) is 3.19. The van der Waals surface area contributed by atoms with E-state index in [0.29, 0.717) is 11.3 Å². The van der Waals surface area contributed by atoms with E-state index in [1.165, 1.54) is 0 Å². The van der Waals surface area contributed by atoms with E-state index in [2.05, 4.69) is 9.71 Å². The van der Waals surface area contributed by atoms with E-state index in [4.69, 9.17) is 4.42 Å². The van der Waals surface area contributed by atoms with Gasteiger partial charge >= 0.3 is 0 Å². The molecular weight excluding hydrogens is 280 g/mol. The number of nitrogens with zero attached hydrogens (tertiary/aromatic N) is 1. The number of rotatable bonds is 5. The van der Waals surface area contributed by atoms with Crippen LogP contribution in [-0.4, -0.2) is 18.5 Å². The topological polar surface area (TPSA) is 92.4 Å². The van der Waals surface area contributed by atoms with Gasteiger partial charge in [-0.25, -0.2) is 13.1 Å². The molecule has 6 nitrogen and oxygen atoms in total. The molecule has 108 valence electrons. The Morgan fingerprint density at radius 2 is 1.90 bits per heavy atom. The first kappa shape index (κ1) is 14.7. The predicted octanol–water partition coefficient (Wildman–Crippen LogP) is 1.26. The summed E-state index contributed by atoms with van der Waals surface area (Å²) >= 11 is 0. The molecule has 0 amide bonds. The van der Waals surface area contributed by atoms with Crippen LogP contribution in [0.3, 0.4) is 0 Å². The van der Waals surface area contributed by atoms with E-state index in [9.17, 15) is 13.5 Å². The molecule has 0 bridgehead atoms. The predicted molar refractivity (Wildman–Crippen MR) is 72.4 cm³/mol. The zero-order valence-corrected chi connectivity index (χ0v) is 12.1. The first-order valence-electron chi connectivity index (χ1n) is 6.04. The Labute approximate surface area is 117 Å². The van der Waals surface area contributed by atoms with Crippen LogP contribution in [0.15, 0.2) is 33.8 Å². The second kappa shape index (κ2) is 5.74. The molecular formula is C13H16N2O4S. The molecule has 0 aromatic carbocycles. The fourth-order valence-electron chi connectivity index (χ4n) is 2.00. The van der Waals surface area contributed by atoms with Gasteiger partial charge in [-0.1, -0.05) is 0 Å². The second-order valence-electron chi connectivity index (χ2n) is 4.36. The molecule has 2 rings (SSSR count). The summed E-state index contributed by atoms with van der Waals surface area (Å²) in [6, 6.07) is 3.45. The Hall–Kier alpha value is -1.70.